The second-order valence-corrected chi connectivity index (χ2v) is 2.03. The van der Waals surface area contributed by atoms with Crippen LogP contribution in [0.5, 0.6) is 0 Å². The minimum Gasteiger partial charge on any atom is -0.153 e. The van der Waals surface area contributed by atoms with Gasteiger partial charge in [0.05, 0.1) is 0 Å². The minimum atomic E-state index is 0. The number of aryl methyl sites for hydroxylation is 1. The molecular weight excluding hydrogens is 115 g/mol. The molecule has 0 spiro atoms. The van der Waals surface area contributed by atoms with Crippen molar-refractivity contribution in [2.24, 2.45) is 0 Å². The molecule has 2 aliphatic carbocycles. The van der Waals surface area contributed by atoms with Gasteiger partial charge in [-0.2, -0.15) is 9.90 Å². The molecule has 0 radical (unpaired) electrons. The highest BCUT2D eigenvalue weighted by atomic mass is 31.0. The molecule has 0 saturated heterocycles. The molecule has 1 atom stereocenters. The highest BCUT2D eigenvalue weighted by Crippen LogP contribution is 2.37. The third kappa shape index (κ3) is 0.569. The monoisotopic (exact) mass is 124 g/mol. The lowest BCUT2D eigenvalue weighted by Gasteiger charge is -1.71. The van der Waals surface area contributed by atoms with Crippen LogP contribution in [-0.2, 0) is 0 Å². The number of rotatable bonds is 0. The van der Waals surface area contributed by atoms with Gasteiger partial charge in [0.15, 0.2) is 0 Å². The Morgan fingerprint density at radius 1 is 1.25 bits per heavy atom. The second kappa shape index (κ2) is 1.56. The highest BCUT2D eigenvalue weighted by molar-refractivity contribution is 6.92. The Labute approximate surface area is 52.5 Å². The van der Waals surface area contributed by atoms with Crippen LogP contribution in [0.3, 0.4) is 0 Å². The molecule has 0 fully saturated rings. The number of benzene rings is 1. The first-order valence-electron chi connectivity index (χ1n) is 2.49. The van der Waals surface area contributed by atoms with Crippen molar-refractivity contribution in [2.45, 2.75) is 6.92 Å². The molecule has 0 aromatic heterocycles. The maximum Gasteiger partial charge on any atom is -0.0148 e. The first-order valence-corrected chi connectivity index (χ1v) is 2.49. The largest absolute Gasteiger partial charge is 0.153 e. The van der Waals surface area contributed by atoms with E-state index in [0.29, 0.717) is 0 Å². The lowest BCUT2D eigenvalue weighted by atomic mass is 10.3. The first-order chi connectivity index (χ1) is 3.38. The Morgan fingerprint density at radius 3 is 2.12 bits per heavy atom. The summed E-state index contributed by atoms with van der Waals surface area (Å²) in [5, 5.41) is 0. The van der Waals surface area contributed by atoms with Crippen LogP contribution in [-0.4, -0.2) is 0 Å². The van der Waals surface area contributed by atoms with Crippen LogP contribution in [0, 0.1) is 6.92 Å². The third-order valence-corrected chi connectivity index (χ3v) is 1.47. The molecule has 0 amide bonds. The zero-order chi connectivity index (χ0) is 4.85. The smallest absolute Gasteiger partial charge is 0.0148 e. The predicted molar refractivity (Wildman–Crippen MR) is 41.3 cm³/mol. The predicted octanol–water partition coefficient (Wildman–Crippen LogP) is 2.03. The molecule has 8 heavy (non-hydrogen) atoms. The zero-order valence-corrected chi connectivity index (χ0v) is 6.35. The topological polar surface area (TPSA) is 0 Å². The van der Waals surface area contributed by atoms with Gasteiger partial charge in [0.2, 0.25) is 0 Å². The molecule has 1 unspecified atom stereocenters. The molecule has 42 valence electrons. The number of hydrogen-bond acceptors (Lipinski definition) is 0. The van der Waals surface area contributed by atoms with E-state index >= 15 is 0 Å². The minimum absolute atomic E-state index is 0. The van der Waals surface area contributed by atoms with Gasteiger partial charge in [-0.1, -0.05) is 12.1 Å². The van der Waals surface area contributed by atoms with Gasteiger partial charge in [0.1, 0.15) is 0 Å². The molecule has 0 bridgehead atoms. The van der Waals surface area contributed by atoms with Gasteiger partial charge < -0.3 is 0 Å². The van der Waals surface area contributed by atoms with Gasteiger partial charge in [-0.15, -0.1) is 0 Å². The Hall–Kier alpha value is -0.350. The van der Waals surface area contributed by atoms with Crippen LogP contribution in [0.1, 0.15) is 5.56 Å². The van der Waals surface area contributed by atoms with Crippen molar-refractivity contribution in [3.8, 4) is 11.1 Å². The average Bonchev–Trinajstić information content (AvgIpc) is 2.33. The molecule has 1 heteroatoms. The molecular formula is C7H9P. The Kier molecular flexibility index (Phi) is 1.13. The third-order valence-electron chi connectivity index (χ3n) is 1.47. The Morgan fingerprint density at radius 2 is 2.00 bits per heavy atom. The van der Waals surface area contributed by atoms with Crippen LogP contribution >= 0.6 is 9.90 Å². The highest BCUT2D eigenvalue weighted by Gasteiger charge is 2.12. The molecule has 0 saturated carbocycles. The van der Waals surface area contributed by atoms with Gasteiger partial charge in [0.25, 0.3) is 0 Å². The van der Waals surface area contributed by atoms with Gasteiger partial charge in [0, 0.05) is 0 Å². The van der Waals surface area contributed by atoms with Crippen molar-refractivity contribution < 1.29 is 0 Å². The zero-order valence-electron chi connectivity index (χ0n) is 4.94. The summed E-state index contributed by atoms with van der Waals surface area (Å²) in [6, 6.07) is 6.52. The fraction of sp³-hybridized carbons (Fsp3) is 0.143. The average molecular weight is 124 g/mol. The van der Waals surface area contributed by atoms with E-state index in [1.54, 1.807) is 0 Å². The summed E-state index contributed by atoms with van der Waals surface area (Å²) >= 11 is 0. The summed E-state index contributed by atoms with van der Waals surface area (Å²) in [5.41, 5.74) is 4.34. The molecule has 0 nitrogen and oxygen atoms in total. The molecule has 0 aliphatic heterocycles. The van der Waals surface area contributed by atoms with Gasteiger partial charge in [-0.05, 0) is 29.7 Å². The van der Waals surface area contributed by atoms with E-state index < -0.39 is 0 Å². The van der Waals surface area contributed by atoms with Crippen molar-refractivity contribution >= 4 is 9.90 Å². The van der Waals surface area contributed by atoms with Crippen molar-refractivity contribution in [3.63, 3.8) is 0 Å². The van der Waals surface area contributed by atoms with Crippen molar-refractivity contribution in [1.82, 2.24) is 0 Å². The molecule has 0 aromatic carbocycles. The maximum atomic E-state index is 2.20. The number of fused-ring (bicyclic) bond motifs is 1. The lowest BCUT2D eigenvalue weighted by Crippen LogP contribution is -1.51. The Balaban J connectivity index is 0.000000320. The summed E-state index contributed by atoms with van der Waals surface area (Å²) < 4.78 is 0. The fourth-order valence-corrected chi connectivity index (χ4v) is 0.903. The standard InChI is InChI=1S/C7H6.H3P/c1-5-2-3-6-4-7(5)6;/h2-4H,1H3;1H3. The van der Waals surface area contributed by atoms with E-state index in [1.165, 1.54) is 16.7 Å². The van der Waals surface area contributed by atoms with E-state index in [2.05, 4.69) is 25.1 Å². The summed E-state index contributed by atoms with van der Waals surface area (Å²) in [7, 11) is 0. The second-order valence-electron chi connectivity index (χ2n) is 2.03. The van der Waals surface area contributed by atoms with E-state index in [1.807, 2.05) is 0 Å². The first kappa shape index (κ1) is 5.78. The van der Waals surface area contributed by atoms with Crippen molar-refractivity contribution in [3.05, 3.63) is 23.8 Å². The van der Waals surface area contributed by atoms with Crippen molar-refractivity contribution in [1.29, 1.82) is 0 Å². The van der Waals surface area contributed by atoms with E-state index in [4.69, 9.17) is 0 Å². The van der Waals surface area contributed by atoms with Crippen LogP contribution < -0.4 is 0 Å². The Bertz CT molecular complexity index is 216. The molecule has 0 heterocycles. The fourth-order valence-electron chi connectivity index (χ4n) is 0.903. The van der Waals surface area contributed by atoms with Gasteiger partial charge >= 0.3 is 0 Å². The van der Waals surface area contributed by atoms with E-state index in [9.17, 15) is 0 Å². The van der Waals surface area contributed by atoms with Gasteiger partial charge in [-0.3, -0.25) is 0 Å². The van der Waals surface area contributed by atoms with Crippen LogP contribution in [0.2, 0.25) is 0 Å². The summed E-state index contributed by atoms with van der Waals surface area (Å²) in [6.45, 7) is 2.14. The van der Waals surface area contributed by atoms with Crippen molar-refractivity contribution in [2.75, 3.05) is 0 Å². The molecule has 0 aromatic rings. The summed E-state index contributed by atoms with van der Waals surface area (Å²) in [4.78, 5) is 0. The quantitative estimate of drug-likeness (QED) is 0.471. The molecule has 0 N–H and O–H groups in total. The van der Waals surface area contributed by atoms with E-state index in [0.717, 1.165) is 0 Å². The van der Waals surface area contributed by atoms with Crippen LogP contribution in [0.15, 0.2) is 18.2 Å². The van der Waals surface area contributed by atoms with Crippen LogP contribution in [0.25, 0.3) is 11.1 Å². The normalized spacial score (nSPS) is 10.1. The SMILES string of the molecule is Cc1ccc2cc1-2.P. The summed E-state index contributed by atoms with van der Waals surface area (Å²) in [6.07, 6.45) is 0. The summed E-state index contributed by atoms with van der Waals surface area (Å²) in [5.74, 6) is 0. The number of hydrogen-bond donors (Lipinski definition) is 0. The van der Waals surface area contributed by atoms with E-state index in [-0.39, 0.29) is 9.90 Å². The van der Waals surface area contributed by atoms with Crippen LogP contribution in [0.4, 0.5) is 0 Å². The van der Waals surface area contributed by atoms with Gasteiger partial charge in [-0.25, -0.2) is 0 Å². The molecule has 2 rings (SSSR count). The lowest BCUT2D eigenvalue weighted by molar-refractivity contribution is 1.57. The molecule has 2 aliphatic rings. The maximum absolute atomic E-state index is 2.20.